The van der Waals surface area contributed by atoms with E-state index in [1.807, 2.05) is 6.92 Å². The Morgan fingerprint density at radius 3 is 2.81 bits per heavy atom. The number of nitrogens with one attached hydrogen (secondary N) is 1. The van der Waals surface area contributed by atoms with Crippen LogP contribution in [0, 0.1) is 6.92 Å². The number of hydrogen-bond acceptors (Lipinski definition) is 3. The van der Waals surface area contributed by atoms with Gasteiger partial charge in [0.25, 0.3) is 0 Å². The predicted molar refractivity (Wildman–Crippen MR) is 66.7 cm³/mol. The molecule has 0 bridgehead atoms. The van der Waals surface area contributed by atoms with Gasteiger partial charge in [0.2, 0.25) is 5.91 Å². The van der Waals surface area contributed by atoms with Gasteiger partial charge >= 0.3 is 0 Å². The molecule has 1 rings (SSSR count). The molecule has 1 aromatic rings. The highest BCUT2D eigenvalue weighted by Gasteiger charge is 2.13. The second-order valence-electron chi connectivity index (χ2n) is 3.73. The summed E-state index contributed by atoms with van der Waals surface area (Å²) in [5.41, 5.74) is 0. The summed E-state index contributed by atoms with van der Waals surface area (Å²) >= 11 is 1.71. The number of thiophene rings is 1. The second-order valence-corrected chi connectivity index (χ2v) is 5.05. The van der Waals surface area contributed by atoms with E-state index in [-0.39, 0.29) is 12.0 Å². The van der Waals surface area contributed by atoms with Crippen molar-refractivity contribution in [3.63, 3.8) is 0 Å². The first kappa shape index (κ1) is 13.2. The van der Waals surface area contributed by atoms with Crippen molar-refractivity contribution in [2.24, 2.45) is 0 Å². The maximum atomic E-state index is 11.3. The van der Waals surface area contributed by atoms with Crippen LogP contribution in [-0.2, 0) is 9.53 Å². The van der Waals surface area contributed by atoms with Gasteiger partial charge in [0.1, 0.15) is 6.10 Å². The molecule has 3 nitrogen and oxygen atoms in total. The number of hydrogen-bond donors (Lipinski definition) is 1. The highest BCUT2D eigenvalue weighted by molar-refractivity contribution is 7.12. The number of aryl methyl sites for hydroxylation is 1. The zero-order valence-corrected chi connectivity index (χ0v) is 10.9. The topological polar surface area (TPSA) is 38.3 Å². The quantitative estimate of drug-likeness (QED) is 0.831. The third-order valence-electron chi connectivity index (χ3n) is 2.32. The number of amides is 1. The number of carbonyl (C=O) groups excluding carboxylic acids is 1. The summed E-state index contributed by atoms with van der Waals surface area (Å²) in [6.07, 6.45) is 1.43. The molecule has 1 atom stereocenters. The molecule has 16 heavy (non-hydrogen) atoms. The number of rotatable bonds is 6. The van der Waals surface area contributed by atoms with Crippen LogP contribution in [0.1, 0.15) is 35.6 Å². The van der Waals surface area contributed by atoms with Crippen molar-refractivity contribution in [2.75, 3.05) is 13.7 Å². The summed E-state index contributed by atoms with van der Waals surface area (Å²) in [7, 11) is 1.67. The number of ether oxygens (including phenoxy) is 1. The molecule has 1 aromatic heterocycles. The average molecular weight is 241 g/mol. The first-order chi connectivity index (χ1) is 7.67. The molecular weight excluding hydrogens is 222 g/mol. The van der Waals surface area contributed by atoms with E-state index in [9.17, 15) is 4.79 Å². The Kier molecular flexibility index (Phi) is 5.49. The molecule has 0 saturated heterocycles. The van der Waals surface area contributed by atoms with E-state index < -0.39 is 0 Å². The molecular formula is C12H19NO2S. The molecule has 0 aliphatic carbocycles. The van der Waals surface area contributed by atoms with E-state index in [2.05, 4.69) is 24.4 Å². The molecule has 0 radical (unpaired) electrons. The Balaban J connectivity index is 2.46. The van der Waals surface area contributed by atoms with Crippen LogP contribution in [0.5, 0.6) is 0 Å². The Morgan fingerprint density at radius 1 is 1.56 bits per heavy atom. The van der Waals surface area contributed by atoms with Gasteiger partial charge < -0.3 is 10.1 Å². The van der Waals surface area contributed by atoms with Gasteiger partial charge in [0.05, 0.1) is 0 Å². The molecule has 0 aliphatic heterocycles. The van der Waals surface area contributed by atoms with E-state index in [4.69, 9.17) is 4.74 Å². The van der Waals surface area contributed by atoms with Crippen LogP contribution in [0.15, 0.2) is 12.1 Å². The van der Waals surface area contributed by atoms with Crippen LogP contribution in [0.25, 0.3) is 0 Å². The van der Waals surface area contributed by atoms with Crippen LogP contribution in [0.2, 0.25) is 0 Å². The summed E-state index contributed by atoms with van der Waals surface area (Å²) in [6, 6.07) is 4.13. The van der Waals surface area contributed by atoms with Gasteiger partial charge in [-0.15, -0.1) is 11.3 Å². The van der Waals surface area contributed by atoms with Crippen LogP contribution in [-0.4, -0.2) is 19.6 Å². The molecule has 0 aliphatic rings. The van der Waals surface area contributed by atoms with Gasteiger partial charge in [-0.2, -0.15) is 0 Å². The molecule has 90 valence electrons. The lowest BCUT2D eigenvalue weighted by Gasteiger charge is -2.14. The molecule has 0 spiro atoms. The van der Waals surface area contributed by atoms with Crippen molar-refractivity contribution in [2.45, 2.75) is 32.8 Å². The number of methoxy groups -OCH3 is 1. The highest BCUT2D eigenvalue weighted by Crippen LogP contribution is 2.24. The largest absolute Gasteiger partial charge is 0.374 e. The van der Waals surface area contributed by atoms with Gasteiger partial charge in [0, 0.05) is 29.8 Å². The normalized spacial score (nSPS) is 12.4. The maximum Gasteiger partial charge on any atom is 0.220 e. The minimum atomic E-state index is -0.0282. The average Bonchev–Trinajstić information content (AvgIpc) is 2.66. The standard InChI is InChI=1S/C12H19NO2S/c1-4-5-12(14)13-8-10(15-3)11-7-6-9(2)16-11/h6-7,10H,4-5,8H2,1-3H3,(H,13,14). The maximum absolute atomic E-state index is 11.3. The van der Waals surface area contributed by atoms with Crippen LogP contribution >= 0.6 is 11.3 Å². The van der Waals surface area contributed by atoms with Crippen molar-refractivity contribution in [1.29, 1.82) is 0 Å². The molecule has 1 N–H and O–H groups in total. The summed E-state index contributed by atoms with van der Waals surface area (Å²) in [6.45, 7) is 4.61. The smallest absolute Gasteiger partial charge is 0.220 e. The van der Waals surface area contributed by atoms with E-state index >= 15 is 0 Å². The molecule has 0 aromatic carbocycles. The van der Waals surface area contributed by atoms with Crippen LogP contribution < -0.4 is 5.32 Å². The summed E-state index contributed by atoms with van der Waals surface area (Å²) in [5.74, 6) is 0.0952. The molecule has 1 unspecified atom stereocenters. The first-order valence-electron chi connectivity index (χ1n) is 5.53. The minimum Gasteiger partial charge on any atom is -0.374 e. The van der Waals surface area contributed by atoms with Crippen LogP contribution in [0.4, 0.5) is 0 Å². The van der Waals surface area contributed by atoms with Crippen molar-refractivity contribution in [3.8, 4) is 0 Å². The van der Waals surface area contributed by atoms with Crippen molar-refractivity contribution in [3.05, 3.63) is 21.9 Å². The van der Waals surface area contributed by atoms with Gasteiger partial charge in [-0.05, 0) is 25.5 Å². The van der Waals surface area contributed by atoms with Gasteiger partial charge in [-0.3, -0.25) is 4.79 Å². The lowest BCUT2D eigenvalue weighted by Crippen LogP contribution is -2.28. The zero-order chi connectivity index (χ0) is 12.0. The molecule has 0 saturated carbocycles. The Labute approximate surface area is 101 Å². The van der Waals surface area contributed by atoms with E-state index in [0.29, 0.717) is 13.0 Å². The van der Waals surface area contributed by atoms with E-state index in [1.165, 1.54) is 4.88 Å². The first-order valence-corrected chi connectivity index (χ1v) is 6.34. The molecule has 1 heterocycles. The molecule has 0 fully saturated rings. The minimum absolute atomic E-state index is 0.0282. The second kappa shape index (κ2) is 6.66. The van der Waals surface area contributed by atoms with Crippen molar-refractivity contribution < 1.29 is 9.53 Å². The zero-order valence-electron chi connectivity index (χ0n) is 10.1. The van der Waals surface area contributed by atoms with E-state index in [1.54, 1.807) is 18.4 Å². The molecule has 4 heteroatoms. The molecule has 1 amide bonds. The van der Waals surface area contributed by atoms with Gasteiger partial charge in [0.15, 0.2) is 0 Å². The van der Waals surface area contributed by atoms with Gasteiger partial charge in [-0.25, -0.2) is 0 Å². The number of carbonyl (C=O) groups is 1. The van der Waals surface area contributed by atoms with Crippen molar-refractivity contribution >= 4 is 17.2 Å². The summed E-state index contributed by atoms with van der Waals surface area (Å²) in [5, 5.41) is 2.89. The van der Waals surface area contributed by atoms with Crippen molar-refractivity contribution in [1.82, 2.24) is 5.32 Å². The fourth-order valence-electron chi connectivity index (χ4n) is 1.45. The fourth-order valence-corrected chi connectivity index (χ4v) is 2.40. The SMILES string of the molecule is CCCC(=O)NCC(OC)c1ccc(C)s1. The Bertz CT molecular complexity index is 336. The summed E-state index contributed by atoms with van der Waals surface area (Å²) < 4.78 is 5.37. The third-order valence-corrected chi connectivity index (χ3v) is 3.42. The Hall–Kier alpha value is -0.870. The predicted octanol–water partition coefficient (Wildman–Crippen LogP) is 2.66. The third kappa shape index (κ3) is 3.94. The van der Waals surface area contributed by atoms with Gasteiger partial charge in [-0.1, -0.05) is 6.92 Å². The fraction of sp³-hybridized carbons (Fsp3) is 0.583. The lowest BCUT2D eigenvalue weighted by atomic mass is 10.2. The summed E-state index contributed by atoms with van der Waals surface area (Å²) in [4.78, 5) is 13.8. The highest BCUT2D eigenvalue weighted by atomic mass is 32.1. The lowest BCUT2D eigenvalue weighted by molar-refractivity contribution is -0.121. The van der Waals surface area contributed by atoms with Crippen LogP contribution in [0.3, 0.4) is 0 Å². The monoisotopic (exact) mass is 241 g/mol. The van der Waals surface area contributed by atoms with E-state index in [0.717, 1.165) is 11.3 Å². The Morgan fingerprint density at radius 2 is 2.31 bits per heavy atom.